The number of aliphatic hydroxyl groups excluding tert-OH is 1. The van der Waals surface area contributed by atoms with Crippen molar-refractivity contribution < 1.29 is 9.84 Å². The van der Waals surface area contributed by atoms with Gasteiger partial charge in [-0.3, -0.25) is 0 Å². The molecule has 1 atom stereocenters. The molecule has 0 aromatic heterocycles. The molecule has 0 amide bonds. The van der Waals surface area contributed by atoms with Gasteiger partial charge in [0, 0.05) is 13.1 Å². The number of ether oxygens (including phenoxy) is 1. The number of nitrogens with one attached hydrogen (secondary N) is 2. The third-order valence-electron chi connectivity index (χ3n) is 3.68. The number of aliphatic hydroxyl groups is 1. The largest absolute Gasteiger partial charge is 0.491 e. The van der Waals surface area contributed by atoms with Gasteiger partial charge in [0.2, 0.25) is 0 Å². The van der Waals surface area contributed by atoms with Crippen molar-refractivity contribution in [3.8, 4) is 5.75 Å². The molecule has 3 N–H and O–H groups in total. The van der Waals surface area contributed by atoms with Gasteiger partial charge in [-0.2, -0.15) is 0 Å². The lowest BCUT2D eigenvalue weighted by atomic mass is 10.1. The molecule has 0 saturated carbocycles. The highest BCUT2D eigenvalue weighted by molar-refractivity contribution is 14.0. The summed E-state index contributed by atoms with van der Waals surface area (Å²) in [6, 6.07) is 17.6. The van der Waals surface area contributed by atoms with Crippen LogP contribution < -0.4 is 15.4 Å². The Hall–Kier alpha value is -1.80. The first kappa shape index (κ1) is 23.2. The number of hydrogen-bond donors (Lipinski definition) is 3. The van der Waals surface area contributed by atoms with Crippen molar-refractivity contribution in [2.24, 2.45) is 4.99 Å². The molecule has 6 heteroatoms. The fraction of sp³-hybridized carbons (Fsp3) is 0.381. The summed E-state index contributed by atoms with van der Waals surface area (Å²) in [5, 5.41) is 16.9. The van der Waals surface area contributed by atoms with E-state index in [1.807, 2.05) is 75.4 Å². The minimum absolute atomic E-state index is 0. The summed E-state index contributed by atoms with van der Waals surface area (Å²) in [5.74, 6) is 1.45. The van der Waals surface area contributed by atoms with Crippen molar-refractivity contribution in [3.05, 3.63) is 65.7 Å². The summed E-state index contributed by atoms with van der Waals surface area (Å²) in [6.07, 6.45) is -0.544. The predicted octanol–water partition coefficient (Wildman–Crippen LogP) is 3.88. The zero-order valence-corrected chi connectivity index (χ0v) is 18.5. The first-order valence-electron chi connectivity index (χ1n) is 9.09. The van der Waals surface area contributed by atoms with Crippen LogP contribution in [0.1, 0.15) is 38.0 Å². The van der Waals surface area contributed by atoms with Gasteiger partial charge in [0.15, 0.2) is 5.96 Å². The summed E-state index contributed by atoms with van der Waals surface area (Å²) in [7, 11) is 0. The second kappa shape index (κ2) is 12.6. The Morgan fingerprint density at radius 3 is 2.48 bits per heavy atom. The quantitative estimate of drug-likeness (QED) is 0.303. The summed E-state index contributed by atoms with van der Waals surface area (Å²) in [4.78, 5) is 4.56. The smallest absolute Gasteiger partial charge is 0.191 e. The molecule has 2 aromatic carbocycles. The molecule has 0 heterocycles. The van der Waals surface area contributed by atoms with Crippen molar-refractivity contribution in [1.82, 2.24) is 10.6 Å². The molecule has 27 heavy (non-hydrogen) atoms. The van der Waals surface area contributed by atoms with Gasteiger partial charge in [-0.15, -0.1) is 24.0 Å². The van der Waals surface area contributed by atoms with Crippen LogP contribution in [0.4, 0.5) is 0 Å². The number of rotatable bonds is 8. The SMILES string of the molecule is CCNC(=NCc1ccccc1)NCC(O)c1cccc(OC(C)C)c1.I. The average Bonchev–Trinajstić information content (AvgIpc) is 2.64. The topological polar surface area (TPSA) is 65.9 Å². The van der Waals surface area contributed by atoms with E-state index in [-0.39, 0.29) is 30.1 Å². The van der Waals surface area contributed by atoms with Crippen molar-refractivity contribution >= 4 is 29.9 Å². The summed E-state index contributed by atoms with van der Waals surface area (Å²) in [6.45, 7) is 7.69. The highest BCUT2D eigenvalue weighted by Crippen LogP contribution is 2.19. The van der Waals surface area contributed by atoms with Crippen molar-refractivity contribution in [2.75, 3.05) is 13.1 Å². The van der Waals surface area contributed by atoms with Gasteiger partial charge in [-0.1, -0.05) is 42.5 Å². The number of nitrogens with zero attached hydrogens (tertiary/aromatic N) is 1. The monoisotopic (exact) mass is 483 g/mol. The number of halogens is 1. The number of benzene rings is 2. The molecule has 0 aliphatic carbocycles. The highest BCUT2D eigenvalue weighted by atomic mass is 127. The second-order valence-corrected chi connectivity index (χ2v) is 6.32. The highest BCUT2D eigenvalue weighted by Gasteiger charge is 2.10. The molecule has 0 spiro atoms. The van der Waals surface area contributed by atoms with Gasteiger partial charge >= 0.3 is 0 Å². The van der Waals surface area contributed by atoms with E-state index in [2.05, 4.69) is 15.6 Å². The molecule has 0 bridgehead atoms. The number of hydrogen-bond acceptors (Lipinski definition) is 3. The van der Waals surface area contributed by atoms with Crippen LogP contribution in [0.3, 0.4) is 0 Å². The van der Waals surface area contributed by atoms with E-state index in [0.29, 0.717) is 19.0 Å². The van der Waals surface area contributed by atoms with Crippen LogP contribution >= 0.6 is 24.0 Å². The molecular formula is C21H30IN3O2. The van der Waals surface area contributed by atoms with Gasteiger partial charge in [0.05, 0.1) is 18.8 Å². The molecule has 1 unspecified atom stereocenters. The summed E-state index contributed by atoms with van der Waals surface area (Å²) in [5.41, 5.74) is 1.96. The van der Waals surface area contributed by atoms with E-state index in [1.165, 1.54) is 0 Å². The molecule has 0 saturated heterocycles. The van der Waals surface area contributed by atoms with E-state index < -0.39 is 6.10 Å². The molecule has 0 fully saturated rings. The first-order valence-corrected chi connectivity index (χ1v) is 9.09. The van der Waals surface area contributed by atoms with Gasteiger partial charge < -0.3 is 20.5 Å². The molecule has 0 aliphatic heterocycles. The van der Waals surface area contributed by atoms with Gasteiger partial charge in [0.1, 0.15) is 5.75 Å². The van der Waals surface area contributed by atoms with Crippen molar-refractivity contribution in [2.45, 2.75) is 39.5 Å². The third kappa shape index (κ3) is 8.62. The zero-order valence-electron chi connectivity index (χ0n) is 16.2. The lowest BCUT2D eigenvalue weighted by Gasteiger charge is -2.17. The Morgan fingerprint density at radius 2 is 1.81 bits per heavy atom. The first-order chi connectivity index (χ1) is 12.6. The third-order valence-corrected chi connectivity index (χ3v) is 3.68. The Kier molecular flexibility index (Phi) is 10.8. The number of aliphatic imine (C=N–C) groups is 1. The van der Waals surface area contributed by atoms with E-state index >= 15 is 0 Å². The van der Waals surface area contributed by atoms with Crippen LogP contribution in [0, 0.1) is 0 Å². The molecule has 2 rings (SSSR count). The van der Waals surface area contributed by atoms with Crippen LogP contribution in [-0.4, -0.2) is 30.3 Å². The van der Waals surface area contributed by atoms with Gasteiger partial charge in [-0.05, 0) is 44.0 Å². The Bertz CT molecular complexity index is 693. The van der Waals surface area contributed by atoms with Crippen molar-refractivity contribution in [3.63, 3.8) is 0 Å². The van der Waals surface area contributed by atoms with Crippen LogP contribution in [0.25, 0.3) is 0 Å². The van der Waals surface area contributed by atoms with Crippen LogP contribution in [-0.2, 0) is 6.54 Å². The Morgan fingerprint density at radius 1 is 1.07 bits per heavy atom. The molecule has 0 radical (unpaired) electrons. The van der Waals surface area contributed by atoms with Crippen molar-refractivity contribution in [1.29, 1.82) is 0 Å². The maximum atomic E-state index is 10.5. The normalized spacial score (nSPS) is 12.3. The standard InChI is InChI=1S/C21H29N3O2.HI/c1-4-22-21(23-14-17-9-6-5-7-10-17)24-15-20(25)18-11-8-12-19(13-18)26-16(2)3;/h5-13,16,20,25H,4,14-15H2,1-3H3,(H2,22,23,24);1H. The summed E-state index contributed by atoms with van der Waals surface area (Å²) >= 11 is 0. The molecular weight excluding hydrogens is 453 g/mol. The molecule has 0 aliphatic rings. The Balaban J connectivity index is 0.00000364. The van der Waals surface area contributed by atoms with Gasteiger partial charge in [-0.25, -0.2) is 4.99 Å². The minimum Gasteiger partial charge on any atom is -0.491 e. The van der Waals surface area contributed by atoms with E-state index in [1.54, 1.807) is 0 Å². The van der Waals surface area contributed by atoms with E-state index in [9.17, 15) is 5.11 Å². The Labute approximate surface area is 179 Å². The fourth-order valence-electron chi connectivity index (χ4n) is 2.47. The van der Waals surface area contributed by atoms with Crippen LogP contribution in [0.2, 0.25) is 0 Å². The average molecular weight is 483 g/mol. The zero-order chi connectivity index (χ0) is 18.8. The molecule has 2 aromatic rings. The fourth-order valence-corrected chi connectivity index (χ4v) is 2.47. The molecule has 5 nitrogen and oxygen atoms in total. The maximum Gasteiger partial charge on any atom is 0.191 e. The lowest BCUT2D eigenvalue weighted by Crippen LogP contribution is -2.39. The molecule has 148 valence electrons. The number of guanidine groups is 1. The summed E-state index contributed by atoms with van der Waals surface area (Å²) < 4.78 is 5.69. The van der Waals surface area contributed by atoms with Gasteiger partial charge in [0.25, 0.3) is 0 Å². The predicted molar refractivity (Wildman–Crippen MR) is 122 cm³/mol. The van der Waals surface area contributed by atoms with Crippen LogP contribution in [0.15, 0.2) is 59.6 Å². The second-order valence-electron chi connectivity index (χ2n) is 6.32. The van der Waals surface area contributed by atoms with E-state index in [0.717, 1.165) is 23.4 Å². The minimum atomic E-state index is -0.647. The lowest BCUT2D eigenvalue weighted by molar-refractivity contribution is 0.179. The maximum absolute atomic E-state index is 10.5. The van der Waals surface area contributed by atoms with Crippen LogP contribution in [0.5, 0.6) is 5.75 Å². The van der Waals surface area contributed by atoms with E-state index in [4.69, 9.17) is 4.74 Å².